The first-order chi connectivity index (χ1) is 22.9. The number of carbonyl (C=O) groups is 4. The largest absolute Gasteiger partial charge is 0.482 e. The van der Waals surface area contributed by atoms with Gasteiger partial charge in [0.05, 0.1) is 11.2 Å². The maximum atomic E-state index is 15.2. The molecule has 49 heavy (non-hydrogen) atoms. The molecule has 5 atom stereocenters. The van der Waals surface area contributed by atoms with Crippen molar-refractivity contribution in [2.24, 2.45) is 11.8 Å². The Balaban J connectivity index is 1.64. The van der Waals surface area contributed by atoms with Crippen LogP contribution in [0.25, 0.3) is 6.08 Å². The van der Waals surface area contributed by atoms with E-state index in [1.54, 1.807) is 6.08 Å². The third kappa shape index (κ3) is 5.23. The van der Waals surface area contributed by atoms with Crippen LogP contribution in [-0.4, -0.2) is 51.0 Å². The highest BCUT2D eigenvalue weighted by atomic mass is 16.6. The first-order valence-electron chi connectivity index (χ1n) is 17.0. The molecule has 1 aromatic rings. The van der Waals surface area contributed by atoms with Crippen molar-refractivity contribution in [1.82, 2.24) is 0 Å². The van der Waals surface area contributed by atoms with Gasteiger partial charge in [-0.2, -0.15) is 0 Å². The summed E-state index contributed by atoms with van der Waals surface area (Å²) in [6, 6.07) is 0. The Morgan fingerprint density at radius 1 is 0.980 bits per heavy atom. The lowest BCUT2D eigenvalue weighted by molar-refractivity contribution is -0.171. The highest BCUT2D eigenvalue weighted by molar-refractivity contribution is 6.19. The van der Waals surface area contributed by atoms with E-state index in [0.29, 0.717) is 29.5 Å². The number of carboxylic acids is 1. The summed E-state index contributed by atoms with van der Waals surface area (Å²) in [5.41, 5.74) is -1.14. The topological polar surface area (TPSA) is 125 Å². The van der Waals surface area contributed by atoms with Gasteiger partial charge >= 0.3 is 11.9 Å². The highest BCUT2D eigenvalue weighted by Gasteiger charge is 2.81. The molecule has 0 radical (unpaired) electrons. The molecule has 1 saturated carbocycles. The number of Topliss-reactive ketones (excluding diaryl/α,β-unsaturated/α-hetero) is 2. The number of aliphatic carboxylic acids is 1. The molecule has 1 aromatic carbocycles. The van der Waals surface area contributed by atoms with E-state index in [1.165, 1.54) is 25.5 Å². The smallest absolute Gasteiger partial charge is 0.330 e. The standard InChI is InChI=1S/C40H46O9/c1-21(2)11-10-16-38(9)17-15-27-32(46-24(6)41)26(13-12-22(3)4)34-30(33(27)47-38)31(42)28-19-25-20-29-37(7,8)49-39(35(25)43,40(28,29)48-34)18-14-23(5)36(44)45/h11-12,14-15,17,19,25,29H,10,13,16,18,20H2,1-9H3,(H,44,45)/b23-14+/t25-,29?,38?,39?,40-/m1/s1. The molecule has 7 rings (SSSR count). The van der Waals surface area contributed by atoms with Gasteiger partial charge in [-0.1, -0.05) is 35.5 Å². The molecule has 0 aromatic heterocycles. The molecule has 9 heteroatoms. The number of benzene rings is 1. The fraction of sp³-hybridized carbons (Fsp3) is 0.500. The Bertz CT molecular complexity index is 1840. The second-order valence-electron chi connectivity index (χ2n) is 15.3. The van der Waals surface area contributed by atoms with Gasteiger partial charge < -0.3 is 24.1 Å². The van der Waals surface area contributed by atoms with E-state index in [1.807, 2.05) is 66.7 Å². The minimum Gasteiger partial charge on any atom is -0.482 e. The SMILES string of the molecule is CC(=O)Oc1c2c(c3c(c1CC=C(C)C)O[C@]14C(=C[C@@H]5CC1C(C)(C)OC4(C/C=C(\C)C(=O)O)C5=O)C3=O)OC(C)(CCC=C(C)C)C=C2. The molecule has 0 amide bonds. The predicted octanol–water partition coefficient (Wildman–Crippen LogP) is 7.46. The van der Waals surface area contributed by atoms with Gasteiger partial charge in [-0.15, -0.1) is 0 Å². The van der Waals surface area contributed by atoms with Crippen molar-refractivity contribution >= 4 is 29.6 Å². The zero-order valence-electron chi connectivity index (χ0n) is 29.9. The van der Waals surface area contributed by atoms with Crippen LogP contribution in [0.15, 0.2) is 52.7 Å². The van der Waals surface area contributed by atoms with E-state index >= 15 is 4.79 Å². The Labute approximate surface area is 287 Å². The van der Waals surface area contributed by atoms with Crippen molar-refractivity contribution in [2.45, 2.75) is 117 Å². The molecule has 1 N–H and O–H groups in total. The summed E-state index contributed by atoms with van der Waals surface area (Å²) in [5, 5.41) is 9.70. The van der Waals surface area contributed by atoms with Gasteiger partial charge in [0, 0.05) is 41.9 Å². The summed E-state index contributed by atoms with van der Waals surface area (Å²) >= 11 is 0. The summed E-state index contributed by atoms with van der Waals surface area (Å²) in [7, 11) is 0. The summed E-state index contributed by atoms with van der Waals surface area (Å²) in [4.78, 5) is 54.2. The van der Waals surface area contributed by atoms with Gasteiger partial charge in [-0.3, -0.25) is 14.4 Å². The van der Waals surface area contributed by atoms with Crippen LogP contribution in [0.3, 0.4) is 0 Å². The van der Waals surface area contributed by atoms with Crippen molar-refractivity contribution < 1.29 is 43.2 Å². The maximum absolute atomic E-state index is 15.2. The van der Waals surface area contributed by atoms with Gasteiger partial charge in [0.2, 0.25) is 0 Å². The molecular formula is C40H46O9. The number of hydrogen-bond donors (Lipinski definition) is 1. The van der Waals surface area contributed by atoms with E-state index in [0.717, 1.165) is 12.0 Å². The maximum Gasteiger partial charge on any atom is 0.330 e. The predicted molar refractivity (Wildman–Crippen MR) is 184 cm³/mol. The van der Waals surface area contributed by atoms with Gasteiger partial charge in [0.15, 0.2) is 22.8 Å². The van der Waals surface area contributed by atoms with E-state index in [9.17, 15) is 19.5 Å². The lowest BCUT2D eigenvalue weighted by atomic mass is 9.51. The molecule has 3 unspecified atom stereocenters. The molecule has 1 spiro atoms. The molecular weight excluding hydrogens is 624 g/mol. The minimum absolute atomic E-state index is 0.0565. The number of esters is 1. The summed E-state index contributed by atoms with van der Waals surface area (Å²) in [6.07, 6.45) is 13.1. The van der Waals surface area contributed by atoms with Gasteiger partial charge in [-0.05, 0) is 93.2 Å². The number of carbonyl (C=O) groups excluding carboxylic acids is 3. The van der Waals surface area contributed by atoms with E-state index in [4.69, 9.17) is 18.9 Å². The van der Waals surface area contributed by atoms with Crippen LogP contribution in [0, 0.1) is 11.8 Å². The fourth-order valence-corrected chi connectivity index (χ4v) is 8.41. The van der Waals surface area contributed by atoms with E-state index in [-0.39, 0.29) is 52.8 Å². The third-order valence-corrected chi connectivity index (χ3v) is 10.7. The summed E-state index contributed by atoms with van der Waals surface area (Å²) < 4.78 is 26.7. The Morgan fingerprint density at radius 3 is 2.31 bits per heavy atom. The van der Waals surface area contributed by atoms with Crippen molar-refractivity contribution in [3.63, 3.8) is 0 Å². The van der Waals surface area contributed by atoms with Crippen LogP contribution in [0.5, 0.6) is 17.2 Å². The van der Waals surface area contributed by atoms with Gasteiger partial charge in [0.1, 0.15) is 28.4 Å². The number of ketones is 2. The molecule has 3 aliphatic heterocycles. The molecule has 6 aliphatic rings. The number of ether oxygens (including phenoxy) is 4. The number of allylic oxidation sites excluding steroid dienone is 5. The average Bonchev–Trinajstić information content (AvgIpc) is 3.15. The zero-order valence-corrected chi connectivity index (χ0v) is 29.9. The quantitative estimate of drug-likeness (QED) is 0.123. The van der Waals surface area contributed by atoms with Crippen molar-refractivity contribution in [3.8, 4) is 17.2 Å². The summed E-state index contributed by atoms with van der Waals surface area (Å²) in [5.74, 6) is -2.56. The minimum atomic E-state index is -1.66. The number of fused-ring (bicyclic) bond motifs is 3. The van der Waals surface area contributed by atoms with Crippen LogP contribution in [0.4, 0.5) is 0 Å². The first kappa shape index (κ1) is 34.6. The molecule has 9 nitrogen and oxygen atoms in total. The van der Waals surface area contributed by atoms with Crippen molar-refractivity contribution in [3.05, 3.63) is 69.4 Å². The second-order valence-corrected chi connectivity index (χ2v) is 15.3. The molecule has 3 heterocycles. The van der Waals surface area contributed by atoms with Gasteiger partial charge in [-0.25, -0.2) is 4.79 Å². The van der Waals surface area contributed by atoms with Crippen LogP contribution >= 0.6 is 0 Å². The Morgan fingerprint density at radius 2 is 1.67 bits per heavy atom. The summed E-state index contributed by atoms with van der Waals surface area (Å²) in [6.45, 7) is 16.5. The monoisotopic (exact) mass is 670 g/mol. The van der Waals surface area contributed by atoms with Gasteiger partial charge in [0.25, 0.3) is 0 Å². The van der Waals surface area contributed by atoms with E-state index in [2.05, 4.69) is 6.08 Å². The van der Waals surface area contributed by atoms with Crippen LogP contribution in [0.1, 0.15) is 109 Å². The molecule has 3 aliphatic carbocycles. The van der Waals surface area contributed by atoms with Crippen molar-refractivity contribution in [2.75, 3.05) is 0 Å². The van der Waals surface area contributed by atoms with E-state index < -0.39 is 46.2 Å². The lowest BCUT2D eigenvalue weighted by Gasteiger charge is -2.56. The molecule has 1 saturated heterocycles. The van der Waals surface area contributed by atoms with Crippen LogP contribution in [-0.2, 0) is 25.5 Å². The Kier molecular flexibility index (Phi) is 8.25. The first-order valence-corrected chi connectivity index (χ1v) is 17.0. The normalized spacial score (nSPS) is 29.9. The molecule has 4 bridgehead atoms. The third-order valence-electron chi connectivity index (χ3n) is 10.7. The second kappa shape index (κ2) is 11.7. The number of rotatable bonds is 9. The number of carboxylic acid groups (broad SMARTS) is 1. The Hall–Kier alpha value is -4.24. The zero-order chi connectivity index (χ0) is 35.8. The highest BCUT2D eigenvalue weighted by Crippen LogP contribution is 2.68. The fourth-order valence-electron chi connectivity index (χ4n) is 8.41. The van der Waals surface area contributed by atoms with Crippen LogP contribution < -0.4 is 14.2 Å². The number of hydrogen-bond acceptors (Lipinski definition) is 8. The molecule has 2 fully saturated rings. The van der Waals surface area contributed by atoms with Crippen LogP contribution in [0.2, 0.25) is 0 Å². The average molecular weight is 671 g/mol. The lowest BCUT2D eigenvalue weighted by Crippen LogP contribution is -2.72. The van der Waals surface area contributed by atoms with Crippen molar-refractivity contribution in [1.29, 1.82) is 0 Å². The molecule has 260 valence electrons.